The number of aromatic nitrogens is 7. The predicted octanol–water partition coefficient (Wildman–Crippen LogP) is 4.22. The lowest BCUT2D eigenvalue weighted by Gasteiger charge is -2.00. The molecule has 6 aromatic heterocycles. The van der Waals surface area contributed by atoms with Crippen molar-refractivity contribution >= 4 is 22.1 Å². The van der Waals surface area contributed by atoms with E-state index in [4.69, 9.17) is 9.40 Å². The number of H-pyrrole nitrogens is 2. The van der Waals surface area contributed by atoms with Crippen molar-refractivity contribution in [3.63, 3.8) is 0 Å². The molecule has 0 saturated heterocycles. The zero-order valence-corrected chi connectivity index (χ0v) is 15.0. The van der Waals surface area contributed by atoms with Gasteiger partial charge >= 0.3 is 0 Å². The lowest BCUT2D eigenvalue weighted by molar-refractivity contribution is 0.568. The first-order chi connectivity index (χ1) is 14.4. The Kier molecular flexibility index (Phi) is 3.30. The van der Waals surface area contributed by atoms with Gasteiger partial charge in [0.2, 0.25) is 0 Å². The highest BCUT2D eigenvalue weighted by atomic mass is 16.3. The third-order valence-corrected chi connectivity index (χ3v) is 4.83. The Morgan fingerprint density at radius 1 is 0.897 bits per heavy atom. The summed E-state index contributed by atoms with van der Waals surface area (Å²) >= 11 is 0. The first-order valence-electron chi connectivity index (χ1n) is 8.99. The number of fused-ring (bicyclic) bond motifs is 2. The van der Waals surface area contributed by atoms with Crippen molar-refractivity contribution in [3.8, 4) is 33.9 Å². The maximum absolute atomic E-state index is 5.20. The summed E-state index contributed by atoms with van der Waals surface area (Å²) in [6.45, 7) is 0. The van der Waals surface area contributed by atoms with Crippen LogP contribution in [-0.2, 0) is 0 Å². The Hall–Kier alpha value is -4.33. The molecule has 0 atom stereocenters. The molecule has 8 nitrogen and oxygen atoms in total. The number of nitrogens with zero attached hydrogens (tertiary/aromatic N) is 5. The van der Waals surface area contributed by atoms with Crippen molar-refractivity contribution in [1.29, 1.82) is 0 Å². The van der Waals surface area contributed by atoms with Crippen LogP contribution in [0, 0.1) is 0 Å². The topological polar surface area (TPSA) is 109 Å². The number of rotatable bonds is 3. The second kappa shape index (κ2) is 6.10. The van der Waals surface area contributed by atoms with E-state index < -0.39 is 0 Å². The molecular formula is C21H13N7O. The van der Waals surface area contributed by atoms with Gasteiger partial charge in [-0.25, -0.2) is 9.97 Å². The number of pyridine rings is 3. The first-order valence-corrected chi connectivity index (χ1v) is 8.99. The fourth-order valence-corrected chi connectivity index (χ4v) is 3.43. The van der Waals surface area contributed by atoms with Gasteiger partial charge in [0.1, 0.15) is 16.9 Å². The second-order valence-corrected chi connectivity index (χ2v) is 6.59. The monoisotopic (exact) mass is 379 g/mol. The van der Waals surface area contributed by atoms with Crippen LogP contribution in [0.4, 0.5) is 0 Å². The highest BCUT2D eigenvalue weighted by Gasteiger charge is 2.17. The molecule has 0 saturated carbocycles. The Bertz CT molecular complexity index is 1450. The molecule has 0 radical (unpaired) electrons. The highest BCUT2D eigenvalue weighted by molar-refractivity contribution is 5.96. The smallest absolute Gasteiger partial charge is 0.159 e. The summed E-state index contributed by atoms with van der Waals surface area (Å²) in [5.74, 6) is 0.647. The molecule has 8 heteroatoms. The van der Waals surface area contributed by atoms with E-state index in [1.54, 1.807) is 31.1 Å². The van der Waals surface area contributed by atoms with E-state index in [1.807, 2.05) is 36.5 Å². The van der Waals surface area contributed by atoms with Gasteiger partial charge in [-0.05, 0) is 24.3 Å². The molecule has 0 unspecified atom stereocenters. The number of hydrogen-bond donors (Lipinski definition) is 2. The molecule has 29 heavy (non-hydrogen) atoms. The van der Waals surface area contributed by atoms with Crippen molar-refractivity contribution in [3.05, 3.63) is 67.6 Å². The van der Waals surface area contributed by atoms with Gasteiger partial charge in [0.05, 0.1) is 23.4 Å². The molecular weight excluding hydrogens is 366 g/mol. The molecule has 6 heterocycles. The molecule has 0 spiro atoms. The van der Waals surface area contributed by atoms with Crippen molar-refractivity contribution < 1.29 is 4.42 Å². The van der Waals surface area contributed by atoms with E-state index in [1.165, 1.54) is 0 Å². The van der Waals surface area contributed by atoms with E-state index in [0.29, 0.717) is 17.2 Å². The van der Waals surface area contributed by atoms with Gasteiger partial charge < -0.3 is 9.40 Å². The summed E-state index contributed by atoms with van der Waals surface area (Å²) in [4.78, 5) is 21.3. The van der Waals surface area contributed by atoms with Crippen molar-refractivity contribution in [2.75, 3.05) is 0 Å². The average molecular weight is 379 g/mol. The summed E-state index contributed by atoms with van der Waals surface area (Å²) in [5.41, 5.74) is 6.62. The van der Waals surface area contributed by atoms with Gasteiger partial charge in [0.15, 0.2) is 11.5 Å². The number of nitrogens with one attached hydrogen (secondary N) is 2. The molecule has 0 amide bonds. The van der Waals surface area contributed by atoms with E-state index in [0.717, 1.165) is 38.8 Å². The lowest BCUT2D eigenvalue weighted by atomic mass is 10.1. The van der Waals surface area contributed by atoms with Crippen LogP contribution in [-0.4, -0.2) is 35.1 Å². The van der Waals surface area contributed by atoms with Crippen molar-refractivity contribution in [1.82, 2.24) is 35.1 Å². The Morgan fingerprint density at radius 3 is 2.76 bits per heavy atom. The van der Waals surface area contributed by atoms with Gasteiger partial charge in [0.25, 0.3) is 0 Å². The largest absolute Gasteiger partial charge is 0.472 e. The van der Waals surface area contributed by atoms with Crippen molar-refractivity contribution in [2.45, 2.75) is 0 Å². The van der Waals surface area contributed by atoms with Gasteiger partial charge in [-0.3, -0.25) is 15.1 Å². The Morgan fingerprint density at radius 2 is 1.90 bits per heavy atom. The van der Waals surface area contributed by atoms with Gasteiger partial charge in [0, 0.05) is 41.5 Å². The third-order valence-electron chi connectivity index (χ3n) is 4.83. The lowest BCUT2D eigenvalue weighted by Crippen LogP contribution is -1.85. The molecule has 138 valence electrons. The van der Waals surface area contributed by atoms with Crippen LogP contribution < -0.4 is 0 Å². The van der Waals surface area contributed by atoms with Crippen LogP contribution in [0.5, 0.6) is 0 Å². The summed E-state index contributed by atoms with van der Waals surface area (Å²) in [7, 11) is 0. The molecule has 6 aromatic rings. The Balaban J connectivity index is 1.53. The van der Waals surface area contributed by atoms with Gasteiger partial charge in [-0.2, -0.15) is 5.10 Å². The molecule has 6 rings (SSSR count). The maximum Gasteiger partial charge on any atom is 0.159 e. The number of furan rings is 1. The summed E-state index contributed by atoms with van der Waals surface area (Å²) in [5, 5.41) is 8.31. The third kappa shape index (κ3) is 2.50. The molecule has 0 aliphatic heterocycles. The van der Waals surface area contributed by atoms with Gasteiger partial charge in [-0.1, -0.05) is 6.07 Å². The highest BCUT2D eigenvalue weighted by Crippen LogP contribution is 2.31. The SMILES string of the molecule is c1cncc(-c2cnc3[nH]nc(-c4nc5c(-c6ccoc6)nccc5[nH]4)c3c2)c1. The minimum atomic E-state index is 0.647. The van der Waals surface area contributed by atoms with E-state index >= 15 is 0 Å². The second-order valence-electron chi connectivity index (χ2n) is 6.59. The molecule has 2 N–H and O–H groups in total. The van der Waals surface area contributed by atoms with Gasteiger partial charge in [-0.15, -0.1) is 0 Å². The minimum Gasteiger partial charge on any atom is -0.472 e. The molecule has 0 aromatic carbocycles. The maximum atomic E-state index is 5.20. The van der Waals surface area contributed by atoms with Crippen LogP contribution in [0.3, 0.4) is 0 Å². The standard InChI is InChI=1S/C21H13N7O/c1-2-12(9-22-5-1)14-8-15-18(27-28-20(15)24-10-14)21-25-16-3-6-23-17(19(16)26-21)13-4-7-29-11-13/h1-11H,(H,25,26)(H,24,27,28). The summed E-state index contributed by atoms with van der Waals surface area (Å²) in [6.07, 6.45) is 10.4. The molecule has 0 aliphatic rings. The Labute approximate surface area is 163 Å². The van der Waals surface area contributed by atoms with Crippen LogP contribution in [0.25, 0.3) is 56.0 Å². The number of imidazole rings is 1. The predicted molar refractivity (Wildman–Crippen MR) is 108 cm³/mol. The summed E-state index contributed by atoms with van der Waals surface area (Å²) < 4.78 is 5.20. The first kappa shape index (κ1) is 15.7. The number of hydrogen-bond acceptors (Lipinski definition) is 6. The van der Waals surface area contributed by atoms with E-state index in [-0.39, 0.29) is 0 Å². The quantitative estimate of drug-likeness (QED) is 0.476. The van der Waals surface area contributed by atoms with Crippen LogP contribution in [0.2, 0.25) is 0 Å². The van der Waals surface area contributed by atoms with E-state index in [2.05, 4.69) is 30.1 Å². The normalized spacial score (nSPS) is 11.4. The van der Waals surface area contributed by atoms with Crippen molar-refractivity contribution in [2.24, 2.45) is 0 Å². The number of aromatic amines is 2. The van der Waals surface area contributed by atoms with Crippen LogP contribution in [0.15, 0.2) is 72.1 Å². The fourth-order valence-electron chi connectivity index (χ4n) is 3.43. The summed E-state index contributed by atoms with van der Waals surface area (Å²) in [6, 6.07) is 9.70. The zero-order chi connectivity index (χ0) is 19.2. The van der Waals surface area contributed by atoms with Crippen LogP contribution in [0.1, 0.15) is 0 Å². The molecule has 0 aliphatic carbocycles. The van der Waals surface area contributed by atoms with E-state index in [9.17, 15) is 0 Å². The average Bonchev–Trinajstić information content (AvgIpc) is 3.52. The molecule has 0 bridgehead atoms. The fraction of sp³-hybridized carbons (Fsp3) is 0. The van der Waals surface area contributed by atoms with Crippen LogP contribution >= 0.6 is 0 Å². The molecule has 0 fully saturated rings. The minimum absolute atomic E-state index is 0.647. The zero-order valence-electron chi connectivity index (χ0n) is 15.0.